The lowest BCUT2D eigenvalue weighted by molar-refractivity contribution is 0.0551. The average molecular weight is 529 g/mol. The number of aliphatic hydroxyl groups is 1. The van der Waals surface area contributed by atoms with Gasteiger partial charge in [-0.2, -0.15) is 9.78 Å². The molecule has 0 fully saturated rings. The lowest BCUT2D eigenvalue weighted by Crippen LogP contribution is -2.26. The van der Waals surface area contributed by atoms with Gasteiger partial charge < -0.3 is 9.84 Å². The summed E-state index contributed by atoms with van der Waals surface area (Å²) in [4.78, 5) is 12.7. The van der Waals surface area contributed by atoms with E-state index in [1.807, 2.05) is 0 Å². The molecule has 3 rings (SSSR count). The highest BCUT2D eigenvalue weighted by molar-refractivity contribution is 8.66. The Kier molecular flexibility index (Phi) is 7.16. The Morgan fingerprint density at radius 2 is 1.66 bits per heavy atom. The van der Waals surface area contributed by atoms with Gasteiger partial charge in [0.15, 0.2) is 17.4 Å². The summed E-state index contributed by atoms with van der Waals surface area (Å²) < 4.78 is 81.0. The van der Waals surface area contributed by atoms with Gasteiger partial charge in [-0.05, 0) is 43.7 Å². The van der Waals surface area contributed by atoms with Gasteiger partial charge in [0.25, 0.3) is 17.7 Å². The largest absolute Gasteiger partial charge is 0.487 e. The lowest BCUT2D eigenvalue weighted by atomic mass is 10.1. The van der Waals surface area contributed by atoms with Gasteiger partial charge in [-0.1, -0.05) is 12.1 Å². The molecule has 0 atom stereocenters. The molecule has 13 heteroatoms. The van der Waals surface area contributed by atoms with E-state index in [2.05, 4.69) is 5.10 Å². The first-order chi connectivity index (χ1) is 16.1. The van der Waals surface area contributed by atoms with Crippen LogP contribution in [0.3, 0.4) is 0 Å². The first kappa shape index (κ1) is 26.4. The van der Waals surface area contributed by atoms with E-state index >= 15 is 0 Å². The minimum Gasteiger partial charge on any atom is -0.487 e. The zero-order valence-electron chi connectivity index (χ0n) is 18.9. The first-order valence-corrected chi connectivity index (χ1v) is 14.0. The van der Waals surface area contributed by atoms with E-state index in [0.717, 1.165) is 35.0 Å². The van der Waals surface area contributed by atoms with Crippen LogP contribution < -0.4 is 10.3 Å². The van der Waals surface area contributed by atoms with Gasteiger partial charge in [-0.3, -0.25) is 4.79 Å². The van der Waals surface area contributed by atoms with Gasteiger partial charge in [0.05, 0.1) is 35.2 Å². The number of hydrogen-bond donors (Lipinski definition) is 1. The van der Waals surface area contributed by atoms with E-state index in [-0.39, 0.29) is 35.6 Å². The Hall–Kier alpha value is -3.16. The summed E-state index contributed by atoms with van der Waals surface area (Å²) in [5, 5.41) is 13.9. The Morgan fingerprint density at radius 1 is 1.03 bits per heavy atom. The Morgan fingerprint density at radius 3 is 2.20 bits per heavy atom. The fraction of sp³-hybridized carbons (Fsp3) is 0.273. The third-order valence-corrected chi connectivity index (χ3v) is 9.51. The maximum Gasteiger partial charge on any atom is 0.314 e. The lowest BCUT2D eigenvalue weighted by Gasteiger charge is -2.18. The summed E-state index contributed by atoms with van der Waals surface area (Å²) in [6.07, 6.45) is 1.93. The van der Waals surface area contributed by atoms with E-state index in [1.54, 1.807) is 13.8 Å². The summed E-state index contributed by atoms with van der Waals surface area (Å²) in [7, 11) is -9.02. The summed E-state index contributed by atoms with van der Waals surface area (Å²) in [6.45, 7) is 3.00. The number of ether oxygens (including phenoxy) is 1. The Balaban J connectivity index is 2.12. The molecule has 0 bridgehead atoms. The molecule has 2 aromatic carbocycles. The van der Waals surface area contributed by atoms with Gasteiger partial charge in [0.2, 0.25) is 0 Å². The number of hydrogen-bond acceptors (Lipinski definition) is 8. The molecule has 9 nitrogen and oxygen atoms in total. The van der Waals surface area contributed by atoms with Crippen molar-refractivity contribution in [2.24, 2.45) is 0 Å². The van der Waals surface area contributed by atoms with E-state index < -0.39 is 45.4 Å². The fourth-order valence-corrected chi connectivity index (χ4v) is 5.16. The van der Waals surface area contributed by atoms with Gasteiger partial charge in [0, 0.05) is 18.1 Å². The topological polar surface area (TPSA) is 133 Å². The van der Waals surface area contributed by atoms with Crippen molar-refractivity contribution in [1.29, 1.82) is 0 Å². The Bertz CT molecular complexity index is 1530. The number of nitrogens with zero attached hydrogens (tertiary/aromatic N) is 2. The fourth-order valence-electron chi connectivity index (χ4n) is 2.96. The summed E-state index contributed by atoms with van der Waals surface area (Å²) >= 11 is 0. The second kappa shape index (κ2) is 9.47. The zero-order chi connectivity index (χ0) is 26.2. The molecule has 188 valence electrons. The molecule has 0 aliphatic heterocycles. The van der Waals surface area contributed by atoms with Crippen LogP contribution in [0.1, 0.15) is 20.3 Å². The molecule has 0 saturated carbocycles. The van der Waals surface area contributed by atoms with Crippen molar-refractivity contribution in [1.82, 2.24) is 9.78 Å². The van der Waals surface area contributed by atoms with Crippen LogP contribution in [-0.4, -0.2) is 50.2 Å². The van der Waals surface area contributed by atoms with Crippen molar-refractivity contribution >= 4 is 17.7 Å². The van der Waals surface area contributed by atoms with Crippen molar-refractivity contribution in [3.63, 3.8) is 0 Å². The number of rotatable bonds is 8. The van der Waals surface area contributed by atoms with Crippen LogP contribution in [0, 0.1) is 11.6 Å². The Labute approximate surface area is 199 Å². The molecule has 0 aliphatic rings. The second-order valence-corrected chi connectivity index (χ2v) is 14.2. The molecule has 0 saturated heterocycles. The van der Waals surface area contributed by atoms with E-state index in [0.29, 0.717) is 6.26 Å². The average Bonchev–Trinajstić information content (AvgIpc) is 2.75. The smallest absolute Gasteiger partial charge is 0.314 e. The van der Waals surface area contributed by atoms with Crippen LogP contribution in [0.5, 0.6) is 5.75 Å². The number of halogens is 2. The highest BCUT2D eigenvalue weighted by atomic mass is 33.2. The second-order valence-electron chi connectivity index (χ2n) is 8.30. The first-order valence-electron chi connectivity index (χ1n) is 10.1. The molecule has 35 heavy (non-hydrogen) atoms. The summed E-state index contributed by atoms with van der Waals surface area (Å²) in [5.41, 5.74) is -1.58. The molecular formula is C22H22F2N2O7S2. The maximum absolute atomic E-state index is 13.7. The minimum atomic E-state index is -4.61. The molecule has 0 unspecified atom stereocenters. The van der Waals surface area contributed by atoms with Crippen molar-refractivity contribution in [2.45, 2.75) is 30.8 Å². The standard InChI is InChI=1S/C22H22F2N2O7S2/c1-22(2,28)10-11-33-20-17(14-4-7-16(8-5-14)35(31,32)34(3,29)30)13-25-26(21(20)27)15-6-9-18(23)19(24)12-15/h4-9,12-13,28H,10-11H2,1-3H3. The number of aromatic nitrogens is 2. The molecule has 0 spiro atoms. The normalized spacial score (nSPS) is 12.5. The van der Waals surface area contributed by atoms with Crippen molar-refractivity contribution < 1.29 is 35.5 Å². The monoisotopic (exact) mass is 528 g/mol. The summed E-state index contributed by atoms with van der Waals surface area (Å²) in [6, 6.07) is 7.45. The van der Waals surface area contributed by atoms with E-state index in [9.17, 15) is 35.5 Å². The molecule has 0 amide bonds. The van der Waals surface area contributed by atoms with Crippen LogP contribution in [0.15, 0.2) is 58.4 Å². The molecule has 1 aromatic heterocycles. The SMILES string of the molecule is CC(C)(O)CCOc1c(-c2ccc(S(=O)(=O)S(C)(=O)=O)cc2)cnn(-c2ccc(F)c(F)c2)c1=O. The third kappa shape index (κ3) is 5.74. The molecule has 3 aromatic rings. The highest BCUT2D eigenvalue weighted by Gasteiger charge is 2.27. The van der Waals surface area contributed by atoms with Crippen molar-refractivity contribution in [3.05, 3.63) is 70.6 Å². The molecule has 1 N–H and O–H groups in total. The minimum absolute atomic E-state index is 0.0672. The quantitative estimate of drug-likeness (QED) is 0.441. The van der Waals surface area contributed by atoms with Crippen LogP contribution >= 0.6 is 0 Å². The van der Waals surface area contributed by atoms with Crippen molar-refractivity contribution in [2.75, 3.05) is 12.9 Å². The molecule has 0 radical (unpaired) electrons. The molecule has 1 heterocycles. The zero-order valence-corrected chi connectivity index (χ0v) is 20.5. The number of benzene rings is 2. The predicted molar refractivity (Wildman–Crippen MR) is 124 cm³/mol. The molecular weight excluding hydrogens is 506 g/mol. The van der Waals surface area contributed by atoms with Gasteiger partial charge in [0.1, 0.15) is 0 Å². The highest BCUT2D eigenvalue weighted by Crippen LogP contribution is 2.29. The third-order valence-electron chi connectivity index (χ3n) is 4.89. The molecule has 0 aliphatic carbocycles. The van der Waals surface area contributed by atoms with Crippen LogP contribution in [0.4, 0.5) is 8.78 Å². The van der Waals surface area contributed by atoms with Crippen LogP contribution in [0.25, 0.3) is 16.8 Å². The van der Waals surface area contributed by atoms with E-state index in [1.165, 1.54) is 18.3 Å². The van der Waals surface area contributed by atoms with Gasteiger partial charge in [-0.25, -0.2) is 25.6 Å². The van der Waals surface area contributed by atoms with Gasteiger partial charge in [-0.15, -0.1) is 0 Å². The maximum atomic E-state index is 13.7. The van der Waals surface area contributed by atoms with Crippen LogP contribution in [-0.2, 0) is 17.7 Å². The van der Waals surface area contributed by atoms with Crippen molar-refractivity contribution in [3.8, 4) is 22.6 Å². The van der Waals surface area contributed by atoms with E-state index in [4.69, 9.17) is 4.74 Å². The van der Waals surface area contributed by atoms with Crippen LogP contribution in [0.2, 0.25) is 0 Å². The predicted octanol–water partition coefficient (Wildman–Crippen LogP) is 2.45. The van der Waals surface area contributed by atoms with Gasteiger partial charge >= 0.3 is 5.56 Å². The summed E-state index contributed by atoms with van der Waals surface area (Å²) in [5.74, 6) is -2.54.